The van der Waals surface area contributed by atoms with Crippen LogP contribution in [0.25, 0.3) is 0 Å². The first kappa shape index (κ1) is 10.7. The van der Waals surface area contributed by atoms with Crippen molar-refractivity contribution in [2.75, 3.05) is 0 Å². The fraction of sp³-hybridized carbons (Fsp3) is 0.833. The minimum atomic E-state index is -3.95. The molecule has 0 aliphatic heterocycles. The van der Waals surface area contributed by atoms with E-state index in [1.165, 1.54) is 0 Å². The maximum Gasteiger partial charge on any atom is 0.284 e. The zero-order valence-electron chi connectivity index (χ0n) is 5.67. The molecule has 0 unspecified atom stereocenters. The molecule has 0 aromatic carbocycles. The molecule has 0 N–H and O–H groups in total. The molecule has 67 valence electrons. The molecule has 0 amide bonds. The standard InChI is InChI=1S/C6H8F5/c1-2-4(7)6(10,11)3-5(8)9/h4-5H,1-3H2/t4-/m0/s1. The average molecular weight is 175 g/mol. The normalized spacial score (nSPS) is 15.5. The van der Waals surface area contributed by atoms with Crippen LogP contribution in [0.1, 0.15) is 12.8 Å². The van der Waals surface area contributed by atoms with E-state index in [1.807, 2.05) is 0 Å². The highest BCUT2D eigenvalue weighted by Crippen LogP contribution is 2.29. The monoisotopic (exact) mass is 175 g/mol. The maximum absolute atomic E-state index is 12.2. The van der Waals surface area contributed by atoms with Gasteiger partial charge in [-0.1, -0.05) is 6.92 Å². The minimum Gasteiger partial charge on any atom is -0.241 e. The Morgan fingerprint density at radius 3 is 1.91 bits per heavy atom. The Bertz CT molecular complexity index is 112. The lowest BCUT2D eigenvalue weighted by Gasteiger charge is -2.18. The van der Waals surface area contributed by atoms with Gasteiger partial charge in [-0.15, -0.1) is 0 Å². The van der Waals surface area contributed by atoms with Crippen molar-refractivity contribution in [3.8, 4) is 0 Å². The molecular formula is C6H8F5. The van der Waals surface area contributed by atoms with Gasteiger partial charge in [-0.05, 0) is 6.42 Å². The Labute approximate surface area is 61.4 Å². The molecule has 0 nitrogen and oxygen atoms in total. The minimum absolute atomic E-state index is 0.695. The van der Waals surface area contributed by atoms with Gasteiger partial charge in [0.2, 0.25) is 6.43 Å². The van der Waals surface area contributed by atoms with Gasteiger partial charge in [0.25, 0.3) is 5.92 Å². The fourth-order valence-electron chi connectivity index (χ4n) is 0.545. The van der Waals surface area contributed by atoms with E-state index < -0.39 is 31.4 Å². The van der Waals surface area contributed by atoms with Gasteiger partial charge in [-0.3, -0.25) is 0 Å². The van der Waals surface area contributed by atoms with Crippen molar-refractivity contribution in [1.29, 1.82) is 0 Å². The summed E-state index contributed by atoms with van der Waals surface area (Å²) >= 11 is 0. The van der Waals surface area contributed by atoms with Gasteiger partial charge < -0.3 is 0 Å². The lowest BCUT2D eigenvalue weighted by molar-refractivity contribution is -0.107. The summed E-state index contributed by atoms with van der Waals surface area (Å²) in [7, 11) is 0. The Morgan fingerprint density at radius 1 is 1.18 bits per heavy atom. The second-order valence-electron chi connectivity index (χ2n) is 2.11. The Morgan fingerprint density at radius 2 is 1.64 bits per heavy atom. The van der Waals surface area contributed by atoms with E-state index in [0.29, 0.717) is 0 Å². The number of hydrogen-bond donors (Lipinski definition) is 0. The lowest BCUT2D eigenvalue weighted by Crippen LogP contribution is -2.31. The molecule has 0 spiro atoms. The second-order valence-corrected chi connectivity index (χ2v) is 2.11. The quantitative estimate of drug-likeness (QED) is 0.576. The van der Waals surface area contributed by atoms with Crippen molar-refractivity contribution in [2.24, 2.45) is 0 Å². The second kappa shape index (κ2) is 3.88. The maximum atomic E-state index is 12.2. The molecule has 0 saturated heterocycles. The van der Waals surface area contributed by atoms with Gasteiger partial charge in [0.1, 0.15) is 0 Å². The first-order valence-electron chi connectivity index (χ1n) is 2.99. The molecule has 0 bridgehead atoms. The van der Waals surface area contributed by atoms with E-state index in [0.717, 1.165) is 0 Å². The molecule has 0 saturated carbocycles. The summed E-state index contributed by atoms with van der Waals surface area (Å²) < 4.78 is 59.2. The number of halogens is 5. The SMILES string of the molecule is [CH2]C[C@H](F)C(F)(F)CC(F)F. The van der Waals surface area contributed by atoms with Gasteiger partial charge in [0, 0.05) is 0 Å². The van der Waals surface area contributed by atoms with Crippen LogP contribution in [0.15, 0.2) is 0 Å². The smallest absolute Gasteiger partial charge is 0.241 e. The first-order chi connectivity index (χ1) is 4.90. The highest BCUT2D eigenvalue weighted by Gasteiger charge is 2.41. The molecule has 0 aliphatic rings. The number of alkyl halides is 5. The fourth-order valence-corrected chi connectivity index (χ4v) is 0.545. The van der Waals surface area contributed by atoms with Crippen molar-refractivity contribution in [2.45, 2.75) is 31.4 Å². The number of rotatable bonds is 4. The lowest BCUT2D eigenvalue weighted by atomic mass is 10.1. The molecule has 0 heterocycles. The van der Waals surface area contributed by atoms with Gasteiger partial charge >= 0.3 is 0 Å². The summed E-state index contributed by atoms with van der Waals surface area (Å²) in [4.78, 5) is 0. The van der Waals surface area contributed by atoms with Crippen LogP contribution < -0.4 is 0 Å². The average Bonchev–Trinajstić information content (AvgIpc) is 1.83. The van der Waals surface area contributed by atoms with Crippen molar-refractivity contribution >= 4 is 0 Å². The molecule has 5 heteroatoms. The van der Waals surface area contributed by atoms with Gasteiger partial charge in [0.15, 0.2) is 6.17 Å². The highest BCUT2D eigenvalue weighted by molar-refractivity contribution is 4.78. The molecule has 0 rings (SSSR count). The van der Waals surface area contributed by atoms with E-state index in [1.54, 1.807) is 0 Å². The Hall–Kier alpha value is -0.350. The van der Waals surface area contributed by atoms with Crippen LogP contribution in [-0.4, -0.2) is 18.5 Å². The Kier molecular flexibility index (Phi) is 3.75. The summed E-state index contributed by atoms with van der Waals surface area (Å²) in [5.74, 6) is -3.95. The molecule has 0 aromatic heterocycles. The van der Waals surface area contributed by atoms with Crippen molar-refractivity contribution < 1.29 is 22.0 Å². The summed E-state index contributed by atoms with van der Waals surface area (Å²) in [6.45, 7) is 2.86. The van der Waals surface area contributed by atoms with Crippen molar-refractivity contribution in [3.63, 3.8) is 0 Å². The van der Waals surface area contributed by atoms with Gasteiger partial charge in [-0.25, -0.2) is 22.0 Å². The molecule has 0 aliphatic carbocycles. The third-order valence-electron chi connectivity index (χ3n) is 1.14. The van der Waals surface area contributed by atoms with Crippen LogP contribution in [0.2, 0.25) is 0 Å². The molecule has 0 aromatic rings. The molecule has 1 atom stereocenters. The summed E-state index contributed by atoms with van der Waals surface area (Å²) in [6.07, 6.45) is -8.19. The van der Waals surface area contributed by atoms with Gasteiger partial charge in [-0.2, -0.15) is 0 Å². The van der Waals surface area contributed by atoms with Crippen molar-refractivity contribution in [1.82, 2.24) is 0 Å². The third kappa shape index (κ3) is 3.53. The van der Waals surface area contributed by atoms with Crippen LogP contribution in [0.3, 0.4) is 0 Å². The van der Waals surface area contributed by atoms with E-state index in [4.69, 9.17) is 0 Å². The largest absolute Gasteiger partial charge is 0.284 e. The first-order valence-corrected chi connectivity index (χ1v) is 2.99. The van der Waals surface area contributed by atoms with Crippen LogP contribution in [0.4, 0.5) is 22.0 Å². The number of hydrogen-bond acceptors (Lipinski definition) is 0. The predicted molar refractivity (Wildman–Crippen MR) is 30.4 cm³/mol. The third-order valence-corrected chi connectivity index (χ3v) is 1.14. The topological polar surface area (TPSA) is 0 Å². The van der Waals surface area contributed by atoms with Crippen LogP contribution in [0, 0.1) is 6.92 Å². The van der Waals surface area contributed by atoms with E-state index in [-0.39, 0.29) is 0 Å². The van der Waals surface area contributed by atoms with E-state index in [2.05, 4.69) is 6.92 Å². The highest BCUT2D eigenvalue weighted by atomic mass is 19.3. The molecular weight excluding hydrogens is 167 g/mol. The summed E-state index contributed by atoms with van der Waals surface area (Å²) in [6, 6.07) is 0. The zero-order valence-corrected chi connectivity index (χ0v) is 5.67. The van der Waals surface area contributed by atoms with Crippen LogP contribution in [-0.2, 0) is 0 Å². The Balaban J connectivity index is 3.98. The van der Waals surface area contributed by atoms with Crippen LogP contribution in [0.5, 0.6) is 0 Å². The zero-order chi connectivity index (χ0) is 9.07. The molecule has 0 fully saturated rings. The predicted octanol–water partition coefficient (Wildman–Crippen LogP) is 2.84. The van der Waals surface area contributed by atoms with E-state index >= 15 is 0 Å². The van der Waals surface area contributed by atoms with Crippen LogP contribution >= 0.6 is 0 Å². The van der Waals surface area contributed by atoms with Gasteiger partial charge in [0.05, 0.1) is 6.42 Å². The summed E-state index contributed by atoms with van der Waals surface area (Å²) in [5.41, 5.74) is 0. The van der Waals surface area contributed by atoms with E-state index in [9.17, 15) is 22.0 Å². The molecule has 11 heavy (non-hydrogen) atoms. The summed E-state index contributed by atoms with van der Waals surface area (Å²) in [5, 5.41) is 0. The van der Waals surface area contributed by atoms with Crippen molar-refractivity contribution in [3.05, 3.63) is 6.92 Å². The molecule has 1 radical (unpaired) electrons.